The van der Waals surface area contributed by atoms with E-state index in [1.54, 1.807) is 0 Å². The van der Waals surface area contributed by atoms with E-state index in [4.69, 9.17) is 0 Å². The first-order valence-corrected chi connectivity index (χ1v) is 6.56. The van der Waals surface area contributed by atoms with E-state index in [1.165, 1.54) is 6.92 Å². The molecule has 0 saturated heterocycles. The van der Waals surface area contributed by atoms with Gasteiger partial charge in [0.1, 0.15) is 6.54 Å². The van der Waals surface area contributed by atoms with Crippen molar-refractivity contribution in [3.63, 3.8) is 0 Å². The number of nitrogens with zero attached hydrogens (tertiary/aromatic N) is 4. The lowest BCUT2D eigenvalue weighted by atomic mass is 10.0. The Morgan fingerprint density at radius 3 is 2.50 bits per heavy atom. The summed E-state index contributed by atoms with van der Waals surface area (Å²) in [6.45, 7) is 4.74. The summed E-state index contributed by atoms with van der Waals surface area (Å²) in [5.41, 5.74) is 0. The molecule has 0 aliphatic rings. The summed E-state index contributed by atoms with van der Waals surface area (Å²) in [6.07, 6.45) is 0. The summed E-state index contributed by atoms with van der Waals surface area (Å²) in [5.74, 6) is -1.28. The second-order valence-electron chi connectivity index (χ2n) is 4.50. The largest absolute Gasteiger partial charge is 0.492 e. The van der Waals surface area contributed by atoms with E-state index in [0.29, 0.717) is 0 Å². The van der Waals surface area contributed by atoms with Gasteiger partial charge in [-0.25, -0.2) is 0 Å². The van der Waals surface area contributed by atoms with Crippen LogP contribution in [0.5, 0.6) is 0 Å². The number of aromatic nitrogens is 3. The number of Topliss-reactive ketones (excluding diaryl/α,β-unsaturated/α-hetero) is 1. The minimum absolute atomic E-state index is 0.0510. The first-order chi connectivity index (χ1) is 9.22. The van der Waals surface area contributed by atoms with Gasteiger partial charge in [0, 0.05) is 21.0 Å². The summed E-state index contributed by atoms with van der Waals surface area (Å²) in [5, 5.41) is 16.6. The number of ketones is 1. The average molecular weight is 348 g/mol. The minimum Gasteiger partial charge on any atom is -0.390 e. The van der Waals surface area contributed by atoms with Gasteiger partial charge in [-0.3, -0.25) is 9.59 Å². The van der Waals surface area contributed by atoms with E-state index < -0.39 is 22.8 Å². The Kier molecular flexibility index (Phi) is 5.31. The lowest BCUT2D eigenvalue weighted by Crippen LogP contribution is -2.44. The first-order valence-electron chi connectivity index (χ1n) is 5.77. The molecular weight excluding hydrogens is 334 g/mol. The minimum atomic E-state index is -0.758. The smallest absolute Gasteiger partial charge is 0.390 e. The maximum atomic E-state index is 11.8. The van der Waals surface area contributed by atoms with Gasteiger partial charge in [-0.15, -0.1) is 0 Å². The fraction of sp³-hybridized carbons (Fsp3) is 0.600. The number of amides is 1. The standard InChI is InChI=1S/C10H14BrN5O4/c1-5(2)8(6(3)17)12-7(18)4-15-9(11)13-10(14-15)16(19)20/h5,8H,4H2,1-3H3,(H,12,18). The van der Waals surface area contributed by atoms with E-state index in [-0.39, 0.29) is 23.0 Å². The highest BCUT2D eigenvalue weighted by Gasteiger charge is 2.24. The Bertz CT molecular complexity index is 542. The van der Waals surface area contributed by atoms with Crippen molar-refractivity contribution in [1.29, 1.82) is 0 Å². The van der Waals surface area contributed by atoms with Crippen molar-refractivity contribution in [2.75, 3.05) is 0 Å². The number of carbonyl (C=O) groups excluding carboxylic acids is 2. The van der Waals surface area contributed by atoms with Crippen LogP contribution in [0.4, 0.5) is 5.95 Å². The van der Waals surface area contributed by atoms with Crippen LogP contribution in [0.15, 0.2) is 4.73 Å². The molecule has 1 atom stereocenters. The molecule has 1 unspecified atom stereocenters. The zero-order valence-electron chi connectivity index (χ0n) is 11.2. The molecule has 1 amide bonds. The van der Waals surface area contributed by atoms with Crippen LogP contribution >= 0.6 is 15.9 Å². The molecule has 1 aromatic heterocycles. The van der Waals surface area contributed by atoms with Gasteiger partial charge in [0.15, 0.2) is 5.78 Å². The van der Waals surface area contributed by atoms with Gasteiger partial charge in [0.2, 0.25) is 5.91 Å². The van der Waals surface area contributed by atoms with Crippen LogP contribution in [0.3, 0.4) is 0 Å². The third-order valence-corrected chi connectivity index (χ3v) is 3.08. The molecule has 0 aromatic carbocycles. The second kappa shape index (κ2) is 6.55. The normalized spacial score (nSPS) is 12.2. The molecule has 0 saturated carbocycles. The second-order valence-corrected chi connectivity index (χ2v) is 5.20. The topological polar surface area (TPSA) is 120 Å². The predicted octanol–water partition coefficient (Wildman–Crippen LogP) is 0.679. The predicted molar refractivity (Wildman–Crippen MR) is 71.8 cm³/mol. The number of nitrogens with one attached hydrogen (secondary N) is 1. The summed E-state index contributed by atoms with van der Waals surface area (Å²) >= 11 is 2.98. The molecule has 0 spiro atoms. The third-order valence-electron chi connectivity index (χ3n) is 2.49. The Labute approximate surface area is 123 Å². The van der Waals surface area contributed by atoms with Crippen LogP contribution in [0.1, 0.15) is 20.8 Å². The molecule has 1 N–H and O–H groups in total. The van der Waals surface area contributed by atoms with Crippen molar-refractivity contribution in [1.82, 2.24) is 20.1 Å². The van der Waals surface area contributed by atoms with Crippen molar-refractivity contribution in [2.24, 2.45) is 5.92 Å². The number of nitro groups is 1. The van der Waals surface area contributed by atoms with Gasteiger partial charge in [-0.2, -0.15) is 4.68 Å². The maximum Gasteiger partial charge on any atom is 0.492 e. The van der Waals surface area contributed by atoms with Crippen molar-refractivity contribution < 1.29 is 14.5 Å². The van der Waals surface area contributed by atoms with Crippen molar-refractivity contribution >= 4 is 33.6 Å². The third kappa shape index (κ3) is 4.08. The summed E-state index contributed by atoms with van der Waals surface area (Å²) in [7, 11) is 0. The molecule has 0 bridgehead atoms. The highest BCUT2D eigenvalue weighted by Crippen LogP contribution is 2.12. The molecule has 110 valence electrons. The van der Waals surface area contributed by atoms with Gasteiger partial charge in [-0.1, -0.05) is 13.8 Å². The highest BCUT2D eigenvalue weighted by molar-refractivity contribution is 9.10. The molecule has 0 aliphatic heterocycles. The van der Waals surface area contributed by atoms with Crippen molar-refractivity contribution in [2.45, 2.75) is 33.4 Å². The molecule has 1 heterocycles. The zero-order chi connectivity index (χ0) is 15.4. The van der Waals surface area contributed by atoms with Gasteiger partial charge in [0.25, 0.3) is 4.73 Å². The van der Waals surface area contributed by atoms with Gasteiger partial charge < -0.3 is 15.4 Å². The van der Waals surface area contributed by atoms with Crippen LogP contribution in [-0.2, 0) is 16.1 Å². The molecule has 1 rings (SSSR count). The Hall–Kier alpha value is -1.84. The zero-order valence-corrected chi connectivity index (χ0v) is 12.7. The number of halogens is 1. The Morgan fingerprint density at radius 1 is 1.50 bits per heavy atom. The quantitative estimate of drug-likeness (QED) is 0.596. The van der Waals surface area contributed by atoms with E-state index in [2.05, 4.69) is 31.3 Å². The van der Waals surface area contributed by atoms with Crippen molar-refractivity contribution in [3.05, 3.63) is 14.8 Å². The van der Waals surface area contributed by atoms with Gasteiger partial charge >= 0.3 is 5.95 Å². The van der Waals surface area contributed by atoms with Crippen LogP contribution < -0.4 is 5.32 Å². The molecule has 0 radical (unpaired) electrons. The average Bonchev–Trinajstić information content (AvgIpc) is 2.67. The molecule has 0 aliphatic carbocycles. The van der Waals surface area contributed by atoms with E-state index in [9.17, 15) is 19.7 Å². The summed E-state index contributed by atoms with van der Waals surface area (Å²) in [6, 6.07) is -0.597. The number of hydrogen-bond acceptors (Lipinski definition) is 6. The van der Waals surface area contributed by atoms with Crippen LogP contribution in [0.25, 0.3) is 0 Å². The fourth-order valence-electron chi connectivity index (χ4n) is 1.58. The molecule has 20 heavy (non-hydrogen) atoms. The molecule has 1 aromatic rings. The molecule has 0 fully saturated rings. The molecule has 9 nitrogen and oxygen atoms in total. The first kappa shape index (κ1) is 16.2. The van der Waals surface area contributed by atoms with Gasteiger partial charge in [-0.05, 0) is 22.7 Å². The van der Waals surface area contributed by atoms with Crippen LogP contribution in [-0.4, -0.2) is 37.4 Å². The SMILES string of the molecule is CC(=O)C(NC(=O)Cn1nc([N+](=O)[O-])nc1Br)C(C)C. The Balaban J connectivity index is 2.76. The molecule has 10 heteroatoms. The number of carbonyl (C=O) groups is 2. The lowest BCUT2D eigenvalue weighted by molar-refractivity contribution is -0.394. The van der Waals surface area contributed by atoms with Gasteiger partial charge in [0.05, 0.1) is 6.04 Å². The highest BCUT2D eigenvalue weighted by atomic mass is 79.9. The molecular formula is C10H14BrN5O4. The number of rotatable bonds is 6. The lowest BCUT2D eigenvalue weighted by Gasteiger charge is -2.19. The summed E-state index contributed by atoms with van der Waals surface area (Å²) < 4.78 is 1.12. The Morgan fingerprint density at radius 2 is 2.10 bits per heavy atom. The monoisotopic (exact) mass is 347 g/mol. The van der Waals surface area contributed by atoms with Crippen molar-refractivity contribution in [3.8, 4) is 0 Å². The summed E-state index contributed by atoms with van der Waals surface area (Å²) in [4.78, 5) is 36.5. The van der Waals surface area contributed by atoms with E-state index >= 15 is 0 Å². The number of hydrogen-bond donors (Lipinski definition) is 1. The van der Waals surface area contributed by atoms with Crippen LogP contribution in [0.2, 0.25) is 0 Å². The maximum absolute atomic E-state index is 11.8. The van der Waals surface area contributed by atoms with E-state index in [0.717, 1.165) is 4.68 Å². The van der Waals surface area contributed by atoms with Crippen LogP contribution in [0, 0.1) is 16.0 Å². The fourth-order valence-corrected chi connectivity index (χ4v) is 1.95. The van der Waals surface area contributed by atoms with E-state index in [1.807, 2.05) is 13.8 Å².